The van der Waals surface area contributed by atoms with Crippen LogP contribution in [0.15, 0.2) is 41.2 Å². The van der Waals surface area contributed by atoms with Crippen LogP contribution in [-0.2, 0) is 12.0 Å². The van der Waals surface area contributed by atoms with Crippen molar-refractivity contribution < 1.29 is 4.79 Å². The zero-order valence-electron chi connectivity index (χ0n) is 14.1. The molecular formula is C19H23N3O2. The molecule has 5 nitrogen and oxygen atoms in total. The van der Waals surface area contributed by atoms with Gasteiger partial charge in [0, 0.05) is 23.2 Å². The minimum absolute atomic E-state index is 0.0792. The first-order valence-corrected chi connectivity index (χ1v) is 8.27. The van der Waals surface area contributed by atoms with Crippen molar-refractivity contribution >= 4 is 6.03 Å². The van der Waals surface area contributed by atoms with Gasteiger partial charge in [-0.25, -0.2) is 4.79 Å². The number of rotatable bonds is 5. The van der Waals surface area contributed by atoms with E-state index in [2.05, 4.69) is 27.8 Å². The summed E-state index contributed by atoms with van der Waals surface area (Å²) in [5.74, 6) is 0. The summed E-state index contributed by atoms with van der Waals surface area (Å²) in [6.45, 7) is 4.57. The van der Waals surface area contributed by atoms with Gasteiger partial charge in [0.25, 0.3) is 5.56 Å². The van der Waals surface area contributed by atoms with Crippen molar-refractivity contribution in [2.24, 2.45) is 0 Å². The summed E-state index contributed by atoms with van der Waals surface area (Å²) < 4.78 is 0. The molecule has 0 bridgehead atoms. The van der Waals surface area contributed by atoms with Crippen LogP contribution >= 0.6 is 0 Å². The second-order valence-corrected chi connectivity index (χ2v) is 6.63. The second kappa shape index (κ2) is 6.51. The van der Waals surface area contributed by atoms with Gasteiger partial charge >= 0.3 is 6.03 Å². The van der Waals surface area contributed by atoms with Gasteiger partial charge in [0.15, 0.2) is 0 Å². The number of aromatic nitrogens is 1. The summed E-state index contributed by atoms with van der Waals surface area (Å²) in [5, 5.41) is 5.72. The van der Waals surface area contributed by atoms with Gasteiger partial charge in [-0.15, -0.1) is 0 Å². The molecule has 126 valence electrons. The molecule has 2 aromatic rings. The van der Waals surface area contributed by atoms with Gasteiger partial charge in [-0.05, 0) is 43.9 Å². The third-order valence-electron chi connectivity index (χ3n) is 4.75. The Kier molecular flexibility index (Phi) is 4.42. The summed E-state index contributed by atoms with van der Waals surface area (Å²) in [6.07, 6.45) is 2.18. The van der Waals surface area contributed by atoms with Gasteiger partial charge in [-0.1, -0.05) is 30.3 Å². The van der Waals surface area contributed by atoms with E-state index in [-0.39, 0.29) is 23.6 Å². The van der Waals surface area contributed by atoms with Gasteiger partial charge < -0.3 is 15.6 Å². The lowest BCUT2D eigenvalue weighted by Crippen LogP contribution is -2.40. The van der Waals surface area contributed by atoms with Crippen molar-refractivity contribution in [1.29, 1.82) is 0 Å². The molecule has 1 heterocycles. The Hall–Kier alpha value is -2.56. The number of amides is 2. The molecule has 0 radical (unpaired) electrons. The molecule has 0 atom stereocenters. The highest BCUT2D eigenvalue weighted by atomic mass is 16.2. The van der Waals surface area contributed by atoms with E-state index in [1.54, 1.807) is 0 Å². The van der Waals surface area contributed by atoms with E-state index in [0.29, 0.717) is 12.1 Å². The lowest BCUT2D eigenvalue weighted by Gasteiger charge is -2.17. The topological polar surface area (TPSA) is 74.0 Å². The Morgan fingerprint density at radius 1 is 1.17 bits per heavy atom. The number of nitrogens with one attached hydrogen (secondary N) is 3. The highest BCUT2D eigenvalue weighted by Gasteiger charge is 2.44. The number of aryl methyl sites for hydroxylation is 2. The summed E-state index contributed by atoms with van der Waals surface area (Å²) >= 11 is 0. The first-order chi connectivity index (χ1) is 11.5. The normalized spacial score (nSPS) is 14.9. The number of pyridine rings is 1. The average molecular weight is 325 g/mol. The number of carbonyl (C=O) groups excluding carboxylic acids is 1. The molecule has 24 heavy (non-hydrogen) atoms. The molecule has 3 N–H and O–H groups in total. The van der Waals surface area contributed by atoms with Gasteiger partial charge in [0.05, 0.1) is 6.54 Å². The first-order valence-electron chi connectivity index (χ1n) is 8.27. The minimum Gasteiger partial charge on any atom is -0.337 e. The van der Waals surface area contributed by atoms with Gasteiger partial charge in [0.1, 0.15) is 0 Å². The van der Waals surface area contributed by atoms with Crippen molar-refractivity contribution in [2.75, 3.05) is 6.54 Å². The molecule has 1 aromatic carbocycles. The van der Waals surface area contributed by atoms with E-state index in [0.717, 1.165) is 24.1 Å². The maximum absolute atomic E-state index is 12.1. The molecule has 5 heteroatoms. The monoisotopic (exact) mass is 325 g/mol. The van der Waals surface area contributed by atoms with Gasteiger partial charge in [0.2, 0.25) is 0 Å². The Balaban J connectivity index is 1.55. The van der Waals surface area contributed by atoms with Crippen LogP contribution in [0.3, 0.4) is 0 Å². The number of hydrogen-bond acceptors (Lipinski definition) is 2. The first kappa shape index (κ1) is 16.3. The Labute approximate surface area is 141 Å². The van der Waals surface area contributed by atoms with Crippen LogP contribution in [0.4, 0.5) is 4.79 Å². The Morgan fingerprint density at radius 3 is 2.50 bits per heavy atom. The van der Waals surface area contributed by atoms with E-state index < -0.39 is 0 Å². The van der Waals surface area contributed by atoms with E-state index >= 15 is 0 Å². The third kappa shape index (κ3) is 3.50. The summed E-state index contributed by atoms with van der Waals surface area (Å²) in [4.78, 5) is 26.8. The summed E-state index contributed by atoms with van der Waals surface area (Å²) in [5.41, 5.74) is 3.52. The fraction of sp³-hybridized carbons (Fsp3) is 0.368. The standard InChI is InChI=1S/C19H23N3O2/c1-13-10-14(2)22-17(23)16(13)11-20-18(24)21-12-19(8-9-19)15-6-4-3-5-7-15/h3-7,10H,8-9,11-12H2,1-2H3,(H,22,23)(H2,20,21,24). The van der Waals surface area contributed by atoms with Crippen LogP contribution in [-0.4, -0.2) is 17.6 Å². The van der Waals surface area contributed by atoms with Crippen LogP contribution in [0.1, 0.15) is 35.2 Å². The molecule has 0 saturated heterocycles. The lowest BCUT2D eigenvalue weighted by molar-refractivity contribution is 0.239. The van der Waals surface area contributed by atoms with E-state index in [1.165, 1.54) is 5.56 Å². The SMILES string of the molecule is Cc1cc(C)c(CNC(=O)NCC2(c3ccccc3)CC2)c(=O)[nH]1. The quantitative estimate of drug-likeness (QED) is 0.790. The molecule has 1 fully saturated rings. The number of urea groups is 1. The molecule has 0 unspecified atom stereocenters. The van der Waals surface area contributed by atoms with E-state index in [4.69, 9.17) is 0 Å². The Bertz CT molecular complexity index is 792. The highest BCUT2D eigenvalue weighted by molar-refractivity contribution is 5.74. The molecule has 2 amide bonds. The average Bonchev–Trinajstić information content (AvgIpc) is 3.34. The molecule has 1 aromatic heterocycles. The smallest absolute Gasteiger partial charge is 0.315 e. The molecule has 1 saturated carbocycles. The molecule has 0 aliphatic heterocycles. The van der Waals surface area contributed by atoms with Gasteiger partial charge in [-0.3, -0.25) is 4.79 Å². The maximum Gasteiger partial charge on any atom is 0.315 e. The Morgan fingerprint density at radius 2 is 1.88 bits per heavy atom. The fourth-order valence-corrected chi connectivity index (χ4v) is 3.09. The van der Waals surface area contributed by atoms with E-state index in [1.807, 2.05) is 38.1 Å². The number of aromatic amines is 1. The van der Waals surface area contributed by atoms with Crippen LogP contribution in [0.25, 0.3) is 0 Å². The second-order valence-electron chi connectivity index (χ2n) is 6.63. The third-order valence-corrected chi connectivity index (χ3v) is 4.75. The summed E-state index contributed by atoms with van der Waals surface area (Å²) in [6, 6.07) is 12.0. The number of H-pyrrole nitrogens is 1. The van der Waals surface area contributed by atoms with Crippen LogP contribution in [0.5, 0.6) is 0 Å². The van der Waals surface area contributed by atoms with Crippen molar-refractivity contribution in [2.45, 2.75) is 38.6 Å². The molecular weight excluding hydrogens is 302 g/mol. The maximum atomic E-state index is 12.1. The van der Waals surface area contributed by atoms with Crippen molar-refractivity contribution in [3.63, 3.8) is 0 Å². The van der Waals surface area contributed by atoms with Crippen molar-refractivity contribution in [3.8, 4) is 0 Å². The zero-order valence-corrected chi connectivity index (χ0v) is 14.1. The molecule has 1 aliphatic rings. The number of hydrogen-bond donors (Lipinski definition) is 3. The molecule has 0 spiro atoms. The largest absolute Gasteiger partial charge is 0.337 e. The fourth-order valence-electron chi connectivity index (χ4n) is 3.09. The minimum atomic E-state index is -0.239. The number of benzene rings is 1. The molecule has 1 aliphatic carbocycles. The highest BCUT2D eigenvalue weighted by Crippen LogP contribution is 2.47. The predicted molar refractivity (Wildman–Crippen MR) is 94.1 cm³/mol. The van der Waals surface area contributed by atoms with Crippen molar-refractivity contribution in [3.05, 3.63) is 69.1 Å². The van der Waals surface area contributed by atoms with Crippen LogP contribution in [0, 0.1) is 13.8 Å². The van der Waals surface area contributed by atoms with E-state index in [9.17, 15) is 9.59 Å². The molecule has 3 rings (SSSR count). The number of carbonyl (C=O) groups is 1. The summed E-state index contributed by atoms with van der Waals surface area (Å²) in [7, 11) is 0. The van der Waals surface area contributed by atoms with Crippen LogP contribution < -0.4 is 16.2 Å². The zero-order chi connectivity index (χ0) is 17.2. The van der Waals surface area contributed by atoms with Crippen molar-refractivity contribution in [1.82, 2.24) is 15.6 Å². The van der Waals surface area contributed by atoms with Gasteiger partial charge in [-0.2, -0.15) is 0 Å². The predicted octanol–water partition coefficient (Wildman–Crippen LogP) is 2.52. The lowest BCUT2D eigenvalue weighted by atomic mass is 9.96. The van der Waals surface area contributed by atoms with Crippen LogP contribution in [0.2, 0.25) is 0 Å².